The molecule has 4 aromatic rings. The minimum absolute atomic E-state index is 0.0260. The minimum atomic E-state index is -0.556. The molecular formula is C25H20N4O4. The predicted octanol–water partition coefficient (Wildman–Crippen LogP) is 4.76. The van der Waals surface area contributed by atoms with Gasteiger partial charge in [0.1, 0.15) is 6.04 Å². The third-order valence-electron chi connectivity index (χ3n) is 4.90. The molecule has 1 amide bonds. The van der Waals surface area contributed by atoms with Crippen LogP contribution in [0.4, 0.5) is 5.69 Å². The maximum absolute atomic E-state index is 12.6. The Labute approximate surface area is 189 Å². The van der Waals surface area contributed by atoms with E-state index >= 15 is 0 Å². The number of aromatic nitrogens is 2. The van der Waals surface area contributed by atoms with Gasteiger partial charge >= 0.3 is 0 Å². The Balaban J connectivity index is 1.55. The Bertz CT molecular complexity index is 1250. The number of nitro groups is 1. The first-order valence-corrected chi connectivity index (χ1v) is 10.2. The van der Waals surface area contributed by atoms with Gasteiger partial charge in [-0.25, -0.2) is 0 Å². The maximum atomic E-state index is 12.6. The fourth-order valence-corrected chi connectivity index (χ4v) is 3.23. The van der Waals surface area contributed by atoms with Crippen LogP contribution in [0.5, 0.6) is 0 Å². The van der Waals surface area contributed by atoms with Crippen LogP contribution in [0.2, 0.25) is 0 Å². The first-order valence-electron chi connectivity index (χ1n) is 10.2. The quantitative estimate of drug-likeness (QED) is 0.240. The van der Waals surface area contributed by atoms with Gasteiger partial charge in [0, 0.05) is 30.2 Å². The Hall–Kier alpha value is -4.59. The topological polar surface area (TPSA) is 111 Å². The van der Waals surface area contributed by atoms with Crippen LogP contribution in [-0.4, -0.2) is 21.0 Å². The van der Waals surface area contributed by atoms with Crippen LogP contribution >= 0.6 is 0 Å². The molecule has 3 aromatic carbocycles. The van der Waals surface area contributed by atoms with Crippen molar-refractivity contribution in [2.45, 2.75) is 12.5 Å². The molecule has 8 heteroatoms. The van der Waals surface area contributed by atoms with Crippen LogP contribution in [0.1, 0.15) is 23.1 Å². The molecule has 0 aliphatic carbocycles. The molecule has 8 nitrogen and oxygen atoms in total. The van der Waals surface area contributed by atoms with Crippen molar-refractivity contribution in [3.05, 3.63) is 118 Å². The van der Waals surface area contributed by atoms with E-state index in [1.807, 2.05) is 60.7 Å². The first-order chi connectivity index (χ1) is 16.1. The highest BCUT2D eigenvalue weighted by molar-refractivity contribution is 5.91. The summed E-state index contributed by atoms with van der Waals surface area (Å²) < 4.78 is 5.46. The standard InChI is InChI=1S/C25H20N4O4/c30-23(16-11-18-7-3-1-4-8-18)26-22(17-19-9-5-2-6-10-19)25-27-24(28-33-25)20-12-14-21(15-13-20)29(31)32/h1-16,22H,17H2,(H,26,30)/b16-11+/t22-/m0/s1. The normalized spacial score (nSPS) is 11.9. The van der Waals surface area contributed by atoms with Crippen molar-refractivity contribution in [3.63, 3.8) is 0 Å². The molecule has 33 heavy (non-hydrogen) atoms. The lowest BCUT2D eigenvalue weighted by Gasteiger charge is -2.14. The number of rotatable bonds is 8. The number of hydrogen-bond acceptors (Lipinski definition) is 6. The summed E-state index contributed by atoms with van der Waals surface area (Å²) in [5.74, 6) is 0.232. The van der Waals surface area contributed by atoms with Gasteiger partial charge in [-0.15, -0.1) is 0 Å². The van der Waals surface area contributed by atoms with E-state index in [0.29, 0.717) is 12.0 Å². The first kappa shape index (κ1) is 21.6. The molecule has 0 spiro atoms. The number of carbonyl (C=O) groups is 1. The van der Waals surface area contributed by atoms with Crippen molar-refractivity contribution in [3.8, 4) is 11.4 Å². The second-order valence-corrected chi connectivity index (χ2v) is 7.26. The Morgan fingerprint density at radius 3 is 2.33 bits per heavy atom. The molecule has 164 valence electrons. The number of amides is 1. The lowest BCUT2D eigenvalue weighted by molar-refractivity contribution is -0.384. The molecule has 0 unspecified atom stereocenters. The highest BCUT2D eigenvalue weighted by atomic mass is 16.6. The van der Waals surface area contributed by atoms with Gasteiger partial charge < -0.3 is 9.84 Å². The molecule has 1 atom stereocenters. The van der Waals surface area contributed by atoms with Crippen molar-refractivity contribution in [2.75, 3.05) is 0 Å². The number of nitro benzene ring substituents is 1. The molecule has 0 saturated heterocycles. The zero-order valence-electron chi connectivity index (χ0n) is 17.5. The number of benzene rings is 3. The Morgan fingerprint density at radius 2 is 1.67 bits per heavy atom. The van der Waals surface area contributed by atoms with Gasteiger partial charge in [-0.05, 0) is 29.3 Å². The van der Waals surface area contributed by atoms with Gasteiger partial charge in [-0.3, -0.25) is 14.9 Å². The van der Waals surface area contributed by atoms with E-state index in [9.17, 15) is 14.9 Å². The second kappa shape index (κ2) is 10.1. The third kappa shape index (κ3) is 5.76. The van der Waals surface area contributed by atoms with Crippen LogP contribution in [0, 0.1) is 10.1 Å². The summed E-state index contributed by atoms with van der Waals surface area (Å²) in [5, 5.41) is 17.8. The van der Waals surface area contributed by atoms with Crippen LogP contribution < -0.4 is 5.32 Å². The van der Waals surface area contributed by atoms with E-state index in [4.69, 9.17) is 4.52 Å². The number of carbonyl (C=O) groups excluding carboxylic acids is 1. The smallest absolute Gasteiger partial charge is 0.269 e. The zero-order chi connectivity index (χ0) is 23.0. The third-order valence-corrected chi connectivity index (χ3v) is 4.90. The summed E-state index contributed by atoms with van der Waals surface area (Å²) in [4.78, 5) is 27.5. The van der Waals surface area contributed by atoms with E-state index in [1.54, 1.807) is 18.2 Å². The van der Waals surface area contributed by atoms with Crippen LogP contribution in [-0.2, 0) is 11.2 Å². The molecule has 0 saturated carbocycles. The predicted molar refractivity (Wildman–Crippen MR) is 123 cm³/mol. The van der Waals surface area contributed by atoms with Gasteiger partial charge in [-0.1, -0.05) is 65.8 Å². The maximum Gasteiger partial charge on any atom is 0.269 e. The van der Waals surface area contributed by atoms with E-state index in [1.165, 1.54) is 18.2 Å². The number of non-ortho nitro benzene ring substituents is 1. The monoisotopic (exact) mass is 440 g/mol. The summed E-state index contributed by atoms with van der Waals surface area (Å²) in [6.07, 6.45) is 3.64. The molecule has 1 aromatic heterocycles. The zero-order valence-corrected chi connectivity index (χ0v) is 17.5. The fourth-order valence-electron chi connectivity index (χ4n) is 3.23. The van der Waals surface area contributed by atoms with E-state index in [-0.39, 0.29) is 23.3 Å². The molecule has 0 radical (unpaired) electrons. The van der Waals surface area contributed by atoms with Crippen molar-refractivity contribution < 1.29 is 14.2 Å². The van der Waals surface area contributed by atoms with Gasteiger partial charge in [0.05, 0.1) is 4.92 Å². The van der Waals surface area contributed by atoms with Crippen molar-refractivity contribution >= 4 is 17.7 Å². The lowest BCUT2D eigenvalue weighted by Crippen LogP contribution is -2.28. The molecule has 0 aliphatic rings. The highest BCUT2D eigenvalue weighted by Gasteiger charge is 2.22. The van der Waals surface area contributed by atoms with Crippen molar-refractivity contribution in [2.24, 2.45) is 0 Å². The van der Waals surface area contributed by atoms with Gasteiger partial charge in [0.15, 0.2) is 0 Å². The summed E-state index contributed by atoms with van der Waals surface area (Å²) in [7, 11) is 0. The lowest BCUT2D eigenvalue weighted by atomic mass is 10.1. The molecule has 4 rings (SSSR count). The van der Waals surface area contributed by atoms with E-state index in [0.717, 1.165) is 11.1 Å². The number of nitrogens with zero attached hydrogens (tertiary/aromatic N) is 3. The SMILES string of the molecule is O=C(/C=C/c1ccccc1)N[C@@H](Cc1ccccc1)c1nc(-c2ccc([N+](=O)[O-])cc2)no1. The number of nitrogens with one attached hydrogen (secondary N) is 1. The summed E-state index contributed by atoms with van der Waals surface area (Å²) in [5.41, 5.74) is 2.45. The van der Waals surface area contributed by atoms with Crippen molar-refractivity contribution in [1.29, 1.82) is 0 Å². The molecule has 1 N–H and O–H groups in total. The van der Waals surface area contributed by atoms with E-state index < -0.39 is 11.0 Å². The van der Waals surface area contributed by atoms with Gasteiger partial charge in [-0.2, -0.15) is 4.98 Å². The average Bonchev–Trinajstić information content (AvgIpc) is 3.34. The molecule has 1 heterocycles. The minimum Gasteiger partial charge on any atom is -0.340 e. The summed E-state index contributed by atoms with van der Waals surface area (Å²) in [6, 6.07) is 24.5. The van der Waals surface area contributed by atoms with Crippen LogP contribution in [0.15, 0.2) is 95.5 Å². The van der Waals surface area contributed by atoms with Crippen LogP contribution in [0.25, 0.3) is 17.5 Å². The van der Waals surface area contributed by atoms with Gasteiger partial charge in [0.25, 0.3) is 5.69 Å². The largest absolute Gasteiger partial charge is 0.340 e. The van der Waals surface area contributed by atoms with Gasteiger partial charge in [0.2, 0.25) is 17.6 Å². The van der Waals surface area contributed by atoms with E-state index in [2.05, 4.69) is 15.5 Å². The van der Waals surface area contributed by atoms with Crippen molar-refractivity contribution in [1.82, 2.24) is 15.5 Å². The molecule has 0 aliphatic heterocycles. The summed E-state index contributed by atoms with van der Waals surface area (Å²) >= 11 is 0. The molecule has 0 bridgehead atoms. The van der Waals surface area contributed by atoms with Crippen LogP contribution in [0.3, 0.4) is 0 Å². The molecule has 0 fully saturated rings. The number of hydrogen-bond donors (Lipinski definition) is 1. The second-order valence-electron chi connectivity index (χ2n) is 7.26. The fraction of sp³-hybridized carbons (Fsp3) is 0.0800. The highest BCUT2D eigenvalue weighted by Crippen LogP contribution is 2.23. The average molecular weight is 440 g/mol. The molecular weight excluding hydrogens is 420 g/mol. The Morgan fingerprint density at radius 1 is 1.00 bits per heavy atom. The summed E-state index contributed by atoms with van der Waals surface area (Å²) in [6.45, 7) is 0. The Kier molecular flexibility index (Phi) is 6.65.